The third-order valence-corrected chi connectivity index (χ3v) is 17.5. The maximum absolute atomic E-state index is 14.3. The van der Waals surface area contributed by atoms with Gasteiger partial charge in [-0.15, -0.1) is 0 Å². The van der Waals surface area contributed by atoms with Crippen LogP contribution >= 0.6 is 11.6 Å². The van der Waals surface area contributed by atoms with Gasteiger partial charge < -0.3 is 19.8 Å². The van der Waals surface area contributed by atoms with Crippen LogP contribution in [-0.4, -0.2) is 83.7 Å². The summed E-state index contributed by atoms with van der Waals surface area (Å²) in [6.07, 6.45) is 7.07. The van der Waals surface area contributed by atoms with Gasteiger partial charge in [0.1, 0.15) is 6.10 Å². The Morgan fingerprint density at radius 1 is 0.930 bits per heavy atom. The number of aliphatic hydroxyl groups excluding tert-OH is 1. The molecule has 0 aliphatic heterocycles. The van der Waals surface area contributed by atoms with Crippen LogP contribution in [0.5, 0.6) is 0 Å². The van der Waals surface area contributed by atoms with Crippen LogP contribution in [-0.2, 0) is 25.7 Å². The second kappa shape index (κ2) is 15.6. The minimum atomic E-state index is -1.17. The SMILES string of the molecule is CC(C)C1=C2C3CCC4C5(C)CCC(OC(=O)CC(C)(C)C(=O)O)C(C)(C)C5CCC4(C)C3(C)CCC2(C(O)CN(CCN(C)C)Cc2ccccc2Cl)CC1=O. The van der Waals surface area contributed by atoms with Gasteiger partial charge in [-0.2, -0.15) is 0 Å². The standard InChI is InChI=1S/C48H73ClN2O6/c1-30(2)40-34(52)26-48(37(53)29-51(25-24-50(10)11)28-31-14-12-13-15-33(31)49)23-22-46(8)32(41(40)48)16-17-36-45(7)20-19-38(57-39(54)27-43(3,4)42(55)56)44(5,6)35(45)18-21-47(36,46)9/h12-15,30,32,35-38,53H,16-29H2,1-11H3,(H,55,56). The molecule has 0 radical (unpaired) electrons. The molecule has 2 N–H and O–H groups in total. The number of carboxylic acids is 1. The molecule has 4 saturated carbocycles. The summed E-state index contributed by atoms with van der Waals surface area (Å²) in [6.45, 7) is 22.5. The zero-order chi connectivity index (χ0) is 42.1. The summed E-state index contributed by atoms with van der Waals surface area (Å²) in [5.74, 6) is -0.0237. The van der Waals surface area contributed by atoms with Crippen molar-refractivity contribution in [3.8, 4) is 0 Å². The molecule has 5 aliphatic carbocycles. The Morgan fingerprint density at radius 2 is 1.61 bits per heavy atom. The molecule has 0 amide bonds. The number of carbonyl (C=O) groups is 3. The molecule has 5 aliphatic rings. The highest BCUT2D eigenvalue weighted by Gasteiger charge is 2.71. The number of fused-ring (bicyclic) bond motifs is 7. The summed E-state index contributed by atoms with van der Waals surface area (Å²) < 4.78 is 6.20. The van der Waals surface area contributed by atoms with Crippen LogP contribution in [0.15, 0.2) is 35.4 Å². The van der Waals surface area contributed by atoms with Crippen LogP contribution in [0.4, 0.5) is 0 Å². The summed E-state index contributed by atoms with van der Waals surface area (Å²) in [6, 6.07) is 7.98. The first-order valence-corrected chi connectivity index (χ1v) is 22.3. The highest BCUT2D eigenvalue weighted by molar-refractivity contribution is 6.31. The molecule has 4 fully saturated rings. The van der Waals surface area contributed by atoms with Gasteiger partial charge in [-0.05, 0) is 136 Å². The summed E-state index contributed by atoms with van der Waals surface area (Å²) in [7, 11) is 4.15. The van der Waals surface area contributed by atoms with Crippen molar-refractivity contribution in [1.29, 1.82) is 0 Å². The average Bonchev–Trinajstić information content (AvgIpc) is 3.42. The van der Waals surface area contributed by atoms with E-state index in [0.717, 1.165) is 80.6 Å². The molecule has 57 heavy (non-hydrogen) atoms. The molecule has 9 heteroatoms. The van der Waals surface area contributed by atoms with E-state index < -0.39 is 28.9 Å². The molecule has 0 bridgehead atoms. The Kier molecular flexibility index (Phi) is 12.2. The second-order valence-corrected chi connectivity index (χ2v) is 22.1. The smallest absolute Gasteiger partial charge is 0.309 e. The van der Waals surface area contributed by atoms with E-state index in [0.29, 0.717) is 31.3 Å². The van der Waals surface area contributed by atoms with E-state index in [9.17, 15) is 24.6 Å². The third kappa shape index (κ3) is 7.47. The average molecular weight is 810 g/mol. The van der Waals surface area contributed by atoms with E-state index in [4.69, 9.17) is 16.3 Å². The highest BCUT2D eigenvalue weighted by Crippen LogP contribution is 2.77. The predicted octanol–water partition coefficient (Wildman–Crippen LogP) is 9.46. The normalized spacial score (nSPS) is 35.5. The van der Waals surface area contributed by atoms with Gasteiger partial charge >= 0.3 is 11.9 Å². The number of ketones is 1. The summed E-state index contributed by atoms with van der Waals surface area (Å²) in [4.78, 5) is 43.8. The lowest BCUT2D eigenvalue weighted by molar-refractivity contribution is -0.235. The van der Waals surface area contributed by atoms with Crippen LogP contribution < -0.4 is 0 Å². The minimum absolute atomic E-state index is 0.0336. The Hall–Kier alpha value is -2.26. The van der Waals surface area contributed by atoms with Crippen LogP contribution in [0, 0.1) is 56.2 Å². The second-order valence-electron chi connectivity index (χ2n) is 21.7. The minimum Gasteiger partial charge on any atom is -0.481 e. The van der Waals surface area contributed by atoms with Crippen molar-refractivity contribution >= 4 is 29.3 Å². The number of rotatable bonds is 13. The molecule has 0 aromatic heterocycles. The molecule has 318 valence electrons. The van der Waals surface area contributed by atoms with Crippen molar-refractivity contribution in [3.05, 3.63) is 46.0 Å². The van der Waals surface area contributed by atoms with Gasteiger partial charge in [0.25, 0.3) is 0 Å². The first-order chi connectivity index (χ1) is 26.4. The number of ether oxygens (including phenoxy) is 1. The number of nitrogens with zero attached hydrogens (tertiary/aromatic N) is 2. The van der Waals surface area contributed by atoms with Gasteiger partial charge in [0.15, 0.2) is 5.78 Å². The van der Waals surface area contributed by atoms with Crippen molar-refractivity contribution in [2.24, 2.45) is 56.2 Å². The summed E-state index contributed by atoms with van der Waals surface area (Å²) >= 11 is 6.67. The van der Waals surface area contributed by atoms with Crippen LogP contribution in [0.1, 0.15) is 132 Å². The maximum atomic E-state index is 14.3. The molecule has 9 unspecified atom stereocenters. The highest BCUT2D eigenvalue weighted by atomic mass is 35.5. The van der Waals surface area contributed by atoms with Crippen molar-refractivity contribution in [2.45, 2.75) is 145 Å². The third-order valence-electron chi connectivity index (χ3n) is 17.1. The molecular formula is C48H73ClN2O6. The van der Waals surface area contributed by atoms with E-state index in [2.05, 4.69) is 78.4 Å². The van der Waals surface area contributed by atoms with Crippen molar-refractivity contribution in [2.75, 3.05) is 33.7 Å². The monoisotopic (exact) mass is 809 g/mol. The van der Waals surface area contributed by atoms with E-state index in [-0.39, 0.29) is 51.8 Å². The fraction of sp³-hybridized carbons (Fsp3) is 0.771. The maximum Gasteiger partial charge on any atom is 0.309 e. The molecule has 6 rings (SSSR count). The van der Waals surface area contributed by atoms with E-state index >= 15 is 0 Å². The van der Waals surface area contributed by atoms with E-state index in [1.807, 2.05) is 18.2 Å². The van der Waals surface area contributed by atoms with E-state index in [1.54, 1.807) is 13.8 Å². The quantitative estimate of drug-likeness (QED) is 0.190. The first kappa shape index (κ1) is 44.3. The van der Waals surface area contributed by atoms with Gasteiger partial charge in [0, 0.05) is 48.5 Å². The Balaban J connectivity index is 1.29. The zero-order valence-corrected chi connectivity index (χ0v) is 37.7. The van der Waals surface area contributed by atoms with Gasteiger partial charge in [-0.25, -0.2) is 0 Å². The van der Waals surface area contributed by atoms with Crippen LogP contribution in [0.3, 0.4) is 0 Å². The summed E-state index contributed by atoms with van der Waals surface area (Å²) in [5, 5.41) is 23.1. The van der Waals surface area contributed by atoms with Crippen molar-refractivity contribution in [1.82, 2.24) is 9.80 Å². The topological polar surface area (TPSA) is 107 Å². The number of carbonyl (C=O) groups excluding carboxylic acids is 2. The van der Waals surface area contributed by atoms with Gasteiger partial charge in [-0.1, -0.05) is 83.8 Å². The Morgan fingerprint density at radius 3 is 2.25 bits per heavy atom. The summed E-state index contributed by atoms with van der Waals surface area (Å²) in [5.41, 5.74) is 1.39. The molecular weight excluding hydrogens is 736 g/mol. The molecule has 1 aromatic rings. The molecule has 8 nitrogen and oxygen atoms in total. The van der Waals surface area contributed by atoms with Crippen molar-refractivity contribution < 1.29 is 29.3 Å². The number of Topliss-reactive ketones (excluding diaryl/α,β-unsaturated/α-hetero) is 1. The number of carboxylic acid groups (broad SMARTS) is 1. The Bertz CT molecular complexity index is 1750. The number of hydrogen-bond donors (Lipinski definition) is 2. The lowest BCUT2D eigenvalue weighted by Gasteiger charge is -2.72. The lowest BCUT2D eigenvalue weighted by Crippen LogP contribution is -2.66. The fourth-order valence-electron chi connectivity index (χ4n) is 13.8. The van der Waals surface area contributed by atoms with Crippen LogP contribution in [0.2, 0.25) is 5.02 Å². The molecule has 0 heterocycles. The number of halogens is 1. The van der Waals surface area contributed by atoms with Gasteiger partial charge in [0.05, 0.1) is 17.9 Å². The fourth-order valence-corrected chi connectivity index (χ4v) is 14.0. The molecule has 0 spiro atoms. The van der Waals surface area contributed by atoms with Crippen molar-refractivity contribution in [3.63, 3.8) is 0 Å². The number of hydrogen-bond acceptors (Lipinski definition) is 7. The Labute approximate surface area is 348 Å². The predicted molar refractivity (Wildman–Crippen MR) is 227 cm³/mol. The number of esters is 1. The van der Waals surface area contributed by atoms with Gasteiger partial charge in [0.2, 0.25) is 0 Å². The molecule has 0 saturated heterocycles. The zero-order valence-electron chi connectivity index (χ0n) is 37.0. The molecule has 9 atom stereocenters. The van der Waals surface area contributed by atoms with Crippen LogP contribution in [0.25, 0.3) is 0 Å². The largest absolute Gasteiger partial charge is 0.481 e. The number of aliphatic hydroxyl groups is 1. The first-order valence-electron chi connectivity index (χ1n) is 21.9. The number of allylic oxidation sites excluding steroid dienone is 1. The number of benzene rings is 1. The number of likely N-dealkylation sites (N-methyl/N-ethyl adjacent to an activating group) is 1. The molecule has 1 aromatic carbocycles. The van der Waals surface area contributed by atoms with E-state index in [1.165, 1.54) is 5.57 Å². The van der Waals surface area contributed by atoms with Gasteiger partial charge in [-0.3, -0.25) is 19.3 Å². The number of aliphatic carboxylic acids is 1. The lowest BCUT2D eigenvalue weighted by atomic mass is 9.33.